The summed E-state index contributed by atoms with van der Waals surface area (Å²) in [5, 5.41) is 2.96. The molecule has 0 bridgehead atoms. The maximum Gasteiger partial charge on any atom is 0.322 e. The number of carbonyl (C=O) groups is 1. The van der Waals surface area contributed by atoms with Gasteiger partial charge in [0.1, 0.15) is 5.82 Å². The number of aryl methyl sites for hydroxylation is 1. The molecule has 3 nitrogen and oxygen atoms in total. The zero-order chi connectivity index (χ0) is 16.4. The number of amides is 2. The predicted molar refractivity (Wildman–Crippen MR) is 93.0 cm³/mol. The molecule has 1 saturated heterocycles. The summed E-state index contributed by atoms with van der Waals surface area (Å²) in [5.74, 6) is -0.256. The lowest BCUT2D eigenvalue weighted by molar-refractivity contribution is 0.207. The molecule has 1 aliphatic heterocycles. The van der Waals surface area contributed by atoms with E-state index in [0.29, 0.717) is 6.54 Å². The van der Waals surface area contributed by atoms with Crippen LogP contribution in [0.2, 0.25) is 0 Å². The summed E-state index contributed by atoms with van der Waals surface area (Å²) in [6.45, 7) is 2.69. The Morgan fingerprint density at radius 1 is 1.26 bits per heavy atom. The Balaban J connectivity index is 1.75. The van der Waals surface area contributed by atoms with Crippen LogP contribution in [-0.4, -0.2) is 17.5 Å². The van der Waals surface area contributed by atoms with Gasteiger partial charge in [0.2, 0.25) is 0 Å². The Bertz CT molecular complexity index is 717. The van der Waals surface area contributed by atoms with Crippen molar-refractivity contribution in [3.63, 3.8) is 0 Å². The molecule has 2 aromatic rings. The minimum absolute atomic E-state index is 0.00662. The Morgan fingerprint density at radius 3 is 2.70 bits per heavy atom. The molecule has 3 rings (SSSR count). The molecular formula is C18H18BrFN2O. The average Bonchev–Trinajstić information content (AvgIpc) is 3.01. The van der Waals surface area contributed by atoms with Gasteiger partial charge >= 0.3 is 6.03 Å². The van der Waals surface area contributed by atoms with Crippen LogP contribution in [0.5, 0.6) is 0 Å². The number of benzene rings is 2. The minimum atomic E-state index is -0.256. The highest BCUT2D eigenvalue weighted by Gasteiger charge is 2.30. The monoisotopic (exact) mass is 376 g/mol. The Hall–Kier alpha value is -1.88. The van der Waals surface area contributed by atoms with E-state index in [4.69, 9.17) is 0 Å². The molecule has 120 valence electrons. The summed E-state index contributed by atoms with van der Waals surface area (Å²) < 4.78 is 14.1. The first kappa shape index (κ1) is 16.0. The third-order valence-electron chi connectivity index (χ3n) is 4.18. The third kappa shape index (κ3) is 3.55. The number of rotatable bonds is 2. The van der Waals surface area contributed by atoms with Crippen LogP contribution in [-0.2, 0) is 0 Å². The highest BCUT2D eigenvalue weighted by atomic mass is 79.9. The van der Waals surface area contributed by atoms with Gasteiger partial charge in [0, 0.05) is 16.7 Å². The smallest absolute Gasteiger partial charge is 0.317 e. The van der Waals surface area contributed by atoms with Crippen LogP contribution in [0.1, 0.15) is 30.0 Å². The van der Waals surface area contributed by atoms with Gasteiger partial charge < -0.3 is 10.2 Å². The molecule has 2 aromatic carbocycles. The van der Waals surface area contributed by atoms with Crippen molar-refractivity contribution in [2.24, 2.45) is 0 Å². The molecule has 0 spiro atoms. The largest absolute Gasteiger partial charge is 0.322 e. The highest BCUT2D eigenvalue weighted by molar-refractivity contribution is 9.10. The molecule has 0 aromatic heterocycles. The fourth-order valence-corrected chi connectivity index (χ4v) is 3.21. The van der Waals surface area contributed by atoms with Crippen LogP contribution in [0.3, 0.4) is 0 Å². The lowest BCUT2D eigenvalue weighted by Gasteiger charge is -2.25. The van der Waals surface area contributed by atoms with Crippen molar-refractivity contribution in [1.82, 2.24) is 4.90 Å². The van der Waals surface area contributed by atoms with Crippen molar-refractivity contribution in [2.75, 3.05) is 11.9 Å². The number of halogens is 2. The number of hydrogen-bond donors (Lipinski definition) is 1. The van der Waals surface area contributed by atoms with E-state index in [2.05, 4.69) is 21.2 Å². The summed E-state index contributed by atoms with van der Waals surface area (Å²) in [6, 6.07) is 12.0. The van der Waals surface area contributed by atoms with E-state index in [9.17, 15) is 9.18 Å². The van der Waals surface area contributed by atoms with E-state index in [1.165, 1.54) is 12.1 Å². The van der Waals surface area contributed by atoms with Gasteiger partial charge in [-0.3, -0.25) is 0 Å². The normalized spacial score (nSPS) is 17.3. The van der Waals surface area contributed by atoms with Gasteiger partial charge in [-0.15, -0.1) is 0 Å². The summed E-state index contributed by atoms with van der Waals surface area (Å²) in [6.07, 6.45) is 1.85. The SMILES string of the molecule is Cc1cc(NC(=O)N2CCCC2c2ccc(F)cc2)ccc1Br. The van der Waals surface area contributed by atoms with Crippen LogP contribution in [0.25, 0.3) is 0 Å². The zero-order valence-corrected chi connectivity index (χ0v) is 14.4. The standard InChI is InChI=1S/C18H18BrFN2O/c1-12-11-15(8-9-16(12)19)21-18(23)22-10-2-3-17(22)13-4-6-14(20)7-5-13/h4-9,11,17H,2-3,10H2,1H3,(H,21,23). The van der Waals surface area contributed by atoms with Crippen LogP contribution >= 0.6 is 15.9 Å². The summed E-state index contributed by atoms with van der Waals surface area (Å²) in [7, 11) is 0. The topological polar surface area (TPSA) is 32.3 Å². The first-order chi connectivity index (χ1) is 11.0. The number of hydrogen-bond acceptors (Lipinski definition) is 1. The van der Waals surface area contributed by atoms with Gasteiger partial charge in [-0.1, -0.05) is 28.1 Å². The van der Waals surface area contributed by atoms with E-state index in [1.807, 2.05) is 30.0 Å². The van der Waals surface area contributed by atoms with Crippen molar-refractivity contribution in [3.8, 4) is 0 Å². The van der Waals surface area contributed by atoms with Crippen LogP contribution in [0, 0.1) is 12.7 Å². The van der Waals surface area contributed by atoms with Crippen LogP contribution in [0.15, 0.2) is 46.9 Å². The quantitative estimate of drug-likeness (QED) is 0.760. The van der Waals surface area contributed by atoms with Gasteiger partial charge in [-0.25, -0.2) is 9.18 Å². The molecule has 1 heterocycles. The number of nitrogens with zero attached hydrogens (tertiary/aromatic N) is 1. The van der Waals surface area contributed by atoms with Crippen molar-refractivity contribution >= 4 is 27.6 Å². The third-order valence-corrected chi connectivity index (χ3v) is 5.07. The number of nitrogens with one attached hydrogen (secondary N) is 1. The molecule has 1 unspecified atom stereocenters. The summed E-state index contributed by atoms with van der Waals surface area (Å²) in [4.78, 5) is 14.4. The molecule has 5 heteroatoms. The minimum Gasteiger partial charge on any atom is -0.317 e. The Labute approximate surface area is 143 Å². The van der Waals surface area contributed by atoms with E-state index >= 15 is 0 Å². The van der Waals surface area contributed by atoms with Crippen LogP contribution in [0.4, 0.5) is 14.9 Å². The van der Waals surface area contributed by atoms with Crippen molar-refractivity contribution < 1.29 is 9.18 Å². The van der Waals surface area contributed by atoms with E-state index in [-0.39, 0.29) is 17.9 Å². The molecular weight excluding hydrogens is 359 g/mol. The Kier molecular flexibility index (Phi) is 4.66. The molecule has 2 amide bonds. The molecule has 1 aliphatic rings. The van der Waals surface area contributed by atoms with Crippen LogP contribution < -0.4 is 5.32 Å². The van der Waals surface area contributed by atoms with Crippen molar-refractivity contribution in [3.05, 3.63) is 63.9 Å². The number of urea groups is 1. The fourth-order valence-electron chi connectivity index (χ4n) is 2.96. The maximum absolute atomic E-state index is 13.1. The number of carbonyl (C=O) groups excluding carboxylic acids is 1. The van der Waals surface area contributed by atoms with Crippen molar-refractivity contribution in [1.29, 1.82) is 0 Å². The number of likely N-dealkylation sites (tertiary alicyclic amines) is 1. The number of anilines is 1. The highest BCUT2D eigenvalue weighted by Crippen LogP contribution is 2.32. The van der Waals surface area contributed by atoms with Gasteiger partial charge in [0.05, 0.1) is 6.04 Å². The second-order valence-corrected chi connectivity index (χ2v) is 6.65. The van der Waals surface area contributed by atoms with E-state index in [0.717, 1.165) is 34.1 Å². The Morgan fingerprint density at radius 2 is 2.00 bits per heavy atom. The molecule has 1 atom stereocenters. The molecule has 0 saturated carbocycles. The first-order valence-corrected chi connectivity index (χ1v) is 8.43. The average molecular weight is 377 g/mol. The molecule has 1 fully saturated rings. The van der Waals surface area contributed by atoms with Gasteiger partial charge in [0.15, 0.2) is 0 Å². The zero-order valence-electron chi connectivity index (χ0n) is 12.9. The fraction of sp³-hybridized carbons (Fsp3) is 0.278. The second-order valence-electron chi connectivity index (χ2n) is 5.80. The molecule has 0 aliphatic carbocycles. The van der Waals surface area contributed by atoms with Crippen molar-refractivity contribution in [2.45, 2.75) is 25.8 Å². The molecule has 1 N–H and O–H groups in total. The second kappa shape index (κ2) is 6.71. The summed E-state index contributed by atoms with van der Waals surface area (Å²) in [5.41, 5.74) is 2.82. The van der Waals surface area contributed by atoms with Gasteiger partial charge in [-0.2, -0.15) is 0 Å². The van der Waals surface area contributed by atoms with E-state index < -0.39 is 0 Å². The molecule has 23 heavy (non-hydrogen) atoms. The van der Waals surface area contributed by atoms with Gasteiger partial charge in [-0.05, 0) is 61.2 Å². The predicted octanol–water partition coefficient (Wildman–Crippen LogP) is 5.27. The lowest BCUT2D eigenvalue weighted by Crippen LogP contribution is -2.34. The first-order valence-electron chi connectivity index (χ1n) is 7.64. The van der Waals surface area contributed by atoms with Gasteiger partial charge in [0.25, 0.3) is 0 Å². The molecule has 0 radical (unpaired) electrons. The maximum atomic E-state index is 13.1. The van der Waals surface area contributed by atoms with E-state index in [1.54, 1.807) is 12.1 Å². The lowest BCUT2D eigenvalue weighted by atomic mass is 10.0. The summed E-state index contributed by atoms with van der Waals surface area (Å²) >= 11 is 3.45.